The topological polar surface area (TPSA) is 405 Å². The molecule has 0 spiro atoms. The van der Waals surface area contributed by atoms with Crippen molar-refractivity contribution >= 4 is 140 Å². The Morgan fingerprint density at radius 1 is 0.352 bits per heavy atom. The van der Waals surface area contributed by atoms with Gasteiger partial charge in [0.1, 0.15) is 28.5 Å². The minimum Gasteiger partial charge on any atom is -0.369 e. The van der Waals surface area contributed by atoms with Crippen molar-refractivity contribution in [3.63, 3.8) is 0 Å². The Kier molecular flexibility index (Phi) is 27.1. The summed E-state index contributed by atoms with van der Waals surface area (Å²) in [6, 6.07) is 15.5. The van der Waals surface area contributed by atoms with Crippen molar-refractivity contribution in [3.05, 3.63) is 156 Å². The Bertz CT molecular complexity index is 4810. The number of anilines is 9. The molecular weight excluding hydrogens is 1440 g/mol. The van der Waals surface area contributed by atoms with Gasteiger partial charge in [0.05, 0.1) is 28.4 Å². The number of nitrogens with one attached hydrogen (secondary N) is 11. The van der Waals surface area contributed by atoms with Crippen molar-refractivity contribution in [3.8, 4) is 0 Å². The van der Waals surface area contributed by atoms with Crippen LogP contribution in [0.1, 0.15) is 128 Å². The molecule has 0 radical (unpaired) electrons. The largest absolute Gasteiger partial charge is 0.369 e. The van der Waals surface area contributed by atoms with E-state index in [1.807, 2.05) is 43.3 Å². The third-order valence-corrected chi connectivity index (χ3v) is 17.3. The van der Waals surface area contributed by atoms with E-state index in [9.17, 15) is 52.7 Å². The average molecular weight is 1520 g/mol. The van der Waals surface area contributed by atoms with Gasteiger partial charge in [0.25, 0.3) is 47.3 Å². The van der Waals surface area contributed by atoms with Gasteiger partial charge in [0, 0.05) is 175 Å². The van der Waals surface area contributed by atoms with Gasteiger partial charge in [-0.2, -0.15) is 0 Å². The first-order chi connectivity index (χ1) is 51.5. The minimum atomic E-state index is -0.697. The number of hydrogen-bond donors (Lipinski definition) is 11. The van der Waals surface area contributed by atoms with Crippen LogP contribution in [0.4, 0.5) is 51.6 Å². The van der Waals surface area contributed by atoms with E-state index in [0.717, 1.165) is 24.2 Å². The van der Waals surface area contributed by atoms with Crippen LogP contribution in [-0.2, 0) is 77.2 Å². The molecule has 0 unspecified atom stereocenters. The van der Waals surface area contributed by atoms with Crippen LogP contribution in [0.2, 0.25) is 0 Å². The molecule has 11 amide bonds. The SMILES string of the molecule is CN(C)CCCNC(=O)c1nc(NC(=O)c2cc(NC(=O)c3nc(NC(=O)c4nc(NC(=O)CCCNC(=O)c5cc(NC(=O)c6cc(NC(=O)c7cc(NC(=O)c8cc(NC(=O)CCNC(=O)CCCc9ccc(N(CCCl)CCCl)cc9)cn8C)cn7C)cn6C)cn5C)cn4C)cn3C)cn2C)cn1C. The lowest BCUT2D eigenvalue weighted by molar-refractivity contribution is -0.121. The molecule has 0 aliphatic rings. The van der Waals surface area contributed by atoms with Crippen LogP contribution >= 0.6 is 23.2 Å². The van der Waals surface area contributed by atoms with Crippen LogP contribution < -0.4 is 63.4 Å². The summed E-state index contributed by atoms with van der Waals surface area (Å²) >= 11 is 11.9. The van der Waals surface area contributed by atoms with Crippen LogP contribution in [0, 0.1) is 0 Å². The molecule has 572 valence electrons. The number of aromatic nitrogens is 11. The van der Waals surface area contributed by atoms with Gasteiger partial charge < -0.3 is 105 Å². The molecule has 0 aliphatic heterocycles. The summed E-state index contributed by atoms with van der Waals surface area (Å²) in [5.41, 5.74) is 4.63. The maximum absolute atomic E-state index is 13.6. The van der Waals surface area contributed by atoms with Crippen LogP contribution in [0.15, 0.2) is 104 Å². The molecule has 9 rings (SSSR count). The number of benzene rings is 1. The number of carbonyl (C=O) groups is 11. The minimum absolute atomic E-state index is 0.0128. The molecule has 8 aromatic heterocycles. The first-order valence-corrected chi connectivity index (χ1v) is 35.4. The van der Waals surface area contributed by atoms with Crippen LogP contribution in [0.3, 0.4) is 0 Å². The van der Waals surface area contributed by atoms with E-state index in [4.69, 9.17) is 23.2 Å². The van der Waals surface area contributed by atoms with E-state index < -0.39 is 47.3 Å². The summed E-state index contributed by atoms with van der Waals surface area (Å²) in [7, 11) is 16.8. The Balaban J connectivity index is 0.663. The lowest BCUT2D eigenvalue weighted by atomic mass is 10.1. The summed E-state index contributed by atoms with van der Waals surface area (Å²) in [5, 5.41) is 30.2. The van der Waals surface area contributed by atoms with Crippen molar-refractivity contribution in [1.82, 2.24) is 72.3 Å². The number of hydrogen-bond acceptors (Lipinski definition) is 16. The maximum Gasteiger partial charge on any atom is 0.292 e. The van der Waals surface area contributed by atoms with E-state index in [1.165, 1.54) is 87.1 Å². The molecular formula is C71H88Cl2N24O11. The summed E-state index contributed by atoms with van der Waals surface area (Å²) < 4.78 is 11.9. The third-order valence-electron chi connectivity index (χ3n) is 17.0. The quantitative estimate of drug-likeness (QED) is 0.0166. The lowest BCUT2D eigenvalue weighted by Crippen LogP contribution is -2.29. The summed E-state index contributed by atoms with van der Waals surface area (Å²) in [6.45, 7) is 2.87. The predicted molar refractivity (Wildman–Crippen MR) is 409 cm³/mol. The van der Waals surface area contributed by atoms with Gasteiger partial charge in [-0.1, -0.05) is 12.1 Å². The zero-order chi connectivity index (χ0) is 78.0. The first kappa shape index (κ1) is 79.9. The number of aryl methyl sites for hydroxylation is 9. The molecule has 108 heavy (non-hydrogen) atoms. The van der Waals surface area contributed by atoms with E-state index >= 15 is 0 Å². The van der Waals surface area contributed by atoms with Crippen molar-refractivity contribution in [2.45, 2.75) is 44.9 Å². The molecule has 0 aliphatic carbocycles. The highest BCUT2D eigenvalue weighted by Gasteiger charge is 2.25. The van der Waals surface area contributed by atoms with Gasteiger partial charge in [-0.25, -0.2) is 15.0 Å². The Labute approximate surface area is 631 Å². The van der Waals surface area contributed by atoms with Gasteiger partial charge in [-0.05, 0) is 94.4 Å². The lowest BCUT2D eigenvalue weighted by Gasteiger charge is -2.23. The molecule has 11 N–H and O–H groups in total. The molecule has 0 fully saturated rings. The summed E-state index contributed by atoms with van der Waals surface area (Å²) in [6.07, 6.45) is 14.7. The molecule has 0 atom stereocenters. The average Bonchev–Trinajstić information content (AvgIpc) is 1.23. The molecule has 8 heterocycles. The Morgan fingerprint density at radius 3 is 1.17 bits per heavy atom. The number of carbonyl (C=O) groups excluding carboxylic acids is 11. The van der Waals surface area contributed by atoms with Crippen molar-refractivity contribution in [2.75, 3.05) is 113 Å². The predicted octanol–water partition coefficient (Wildman–Crippen LogP) is 5.68. The molecule has 0 saturated carbocycles. The number of amides is 11. The second-order valence-corrected chi connectivity index (χ2v) is 26.6. The van der Waals surface area contributed by atoms with E-state index in [1.54, 1.807) is 85.7 Å². The van der Waals surface area contributed by atoms with E-state index in [-0.39, 0.29) is 119 Å². The fraction of sp³-hybridized carbons (Fsp3) is 0.352. The smallest absolute Gasteiger partial charge is 0.292 e. The summed E-state index contributed by atoms with van der Waals surface area (Å²) in [5.74, 6) is -4.13. The highest BCUT2D eigenvalue weighted by atomic mass is 35.5. The van der Waals surface area contributed by atoms with Crippen molar-refractivity contribution in [2.24, 2.45) is 56.4 Å². The molecule has 0 saturated heterocycles. The maximum atomic E-state index is 13.6. The van der Waals surface area contributed by atoms with Crippen LogP contribution in [-0.4, -0.2) is 186 Å². The number of nitrogens with zero attached hydrogens (tertiary/aromatic N) is 13. The highest BCUT2D eigenvalue weighted by Crippen LogP contribution is 2.24. The highest BCUT2D eigenvalue weighted by molar-refractivity contribution is 6.19. The molecule has 35 nitrogen and oxygen atoms in total. The second kappa shape index (κ2) is 36.7. The molecule has 0 bridgehead atoms. The fourth-order valence-electron chi connectivity index (χ4n) is 11.6. The first-order valence-electron chi connectivity index (χ1n) is 34.4. The molecule has 37 heteroatoms. The number of halogens is 2. The van der Waals surface area contributed by atoms with Gasteiger partial charge in [-0.15, -0.1) is 23.2 Å². The standard InChI is InChI=1S/C71H88Cl2N24O11/c1-88(2)27-13-25-76-69(106)61-84-56(41-94(61)8)86-68(105)54-34-48(39-93(54)7)81-70(107)62-85-57(42-96(62)10)87-71(108)63-83-55(40-95(63)9)82-59(99)16-12-24-75-64(101)50-31-45(36-89(50)3)78-66(103)52-33-47(38-91(52)5)80-67(104)53-32-46(37-92(53)6)79-65(102)51-30-44(35-90(51)4)77-60(100)21-26-74-58(98)15-11-14-43-17-19-49(20-18-43)97(28-22-72)29-23-73/h17-20,30-42H,11-16,21-29H2,1-10H3,(H,74,98)(H,75,101)(H,76,106)(H,77,100)(H,78,103)(H,79,102)(H,80,104)(H,81,107)(H,82,99)(H,86,105)(H,87,108). The Hall–Kier alpha value is -12.2. The summed E-state index contributed by atoms with van der Waals surface area (Å²) in [4.78, 5) is 162. The van der Waals surface area contributed by atoms with Crippen molar-refractivity contribution in [1.29, 1.82) is 0 Å². The van der Waals surface area contributed by atoms with E-state index in [2.05, 4.69) is 78.3 Å². The van der Waals surface area contributed by atoms with Crippen LogP contribution in [0.5, 0.6) is 0 Å². The third kappa shape index (κ3) is 21.5. The number of rotatable bonds is 36. The van der Waals surface area contributed by atoms with Crippen LogP contribution in [0.25, 0.3) is 0 Å². The van der Waals surface area contributed by atoms with Gasteiger partial charge in [0.2, 0.25) is 35.2 Å². The van der Waals surface area contributed by atoms with Gasteiger partial charge in [-0.3, -0.25) is 52.7 Å². The second-order valence-electron chi connectivity index (χ2n) is 25.9. The zero-order valence-corrected chi connectivity index (χ0v) is 63.0. The number of alkyl halides is 2. The van der Waals surface area contributed by atoms with Crippen molar-refractivity contribution < 1.29 is 52.7 Å². The fourth-order valence-corrected chi connectivity index (χ4v) is 12.0. The number of imidazole rings is 3. The monoisotopic (exact) mass is 1520 g/mol. The van der Waals surface area contributed by atoms with Gasteiger partial charge in [0.15, 0.2) is 17.5 Å². The Morgan fingerprint density at radius 2 is 0.713 bits per heavy atom. The molecule has 1 aromatic carbocycles. The van der Waals surface area contributed by atoms with E-state index in [0.29, 0.717) is 73.4 Å². The molecule has 9 aromatic rings. The normalized spacial score (nSPS) is 11.1. The van der Waals surface area contributed by atoms with Gasteiger partial charge >= 0.3 is 0 Å². The zero-order valence-electron chi connectivity index (χ0n) is 61.5.